The van der Waals surface area contributed by atoms with Gasteiger partial charge in [-0.1, -0.05) is 22.6 Å². The van der Waals surface area contributed by atoms with Crippen molar-refractivity contribution >= 4 is 51.9 Å². The van der Waals surface area contributed by atoms with Crippen LogP contribution in [-0.4, -0.2) is 96.3 Å². The first kappa shape index (κ1) is 37.9. The molecular formula is C17H36AlILiNaO8. The van der Waals surface area contributed by atoms with E-state index in [0.717, 1.165) is 25.7 Å². The Kier molecular flexibility index (Phi) is 23.7. The summed E-state index contributed by atoms with van der Waals surface area (Å²) in [5.41, 5.74) is -1.77. The van der Waals surface area contributed by atoms with Crippen LogP contribution in [0.3, 0.4) is 0 Å². The smallest absolute Gasteiger partial charge is 1.00 e. The van der Waals surface area contributed by atoms with Crippen molar-refractivity contribution in [2.24, 2.45) is 0 Å². The molecule has 0 aromatic carbocycles. The second kappa shape index (κ2) is 18.1. The minimum absolute atomic E-state index is 0. The summed E-state index contributed by atoms with van der Waals surface area (Å²) in [7, 11) is 5.83. The third kappa shape index (κ3) is 13.1. The summed E-state index contributed by atoms with van der Waals surface area (Å²) in [5.74, 6) is -0.748. The van der Waals surface area contributed by atoms with E-state index in [2.05, 4.69) is 32.1 Å². The van der Waals surface area contributed by atoms with E-state index in [-0.39, 0.29) is 86.8 Å². The maximum absolute atomic E-state index is 10.8. The molecule has 29 heavy (non-hydrogen) atoms. The number of carbonyl (C=O) groups excluding carboxylic acids is 2. The minimum Gasteiger partial charge on any atom is -1.00 e. The summed E-state index contributed by atoms with van der Waals surface area (Å²) in [4.78, 5) is 23.2. The van der Waals surface area contributed by atoms with Crippen molar-refractivity contribution < 1.29 is 90.0 Å². The van der Waals surface area contributed by atoms with Gasteiger partial charge < -0.3 is 32.0 Å². The minimum atomic E-state index is -1.10. The molecule has 0 heterocycles. The second-order valence-corrected chi connectivity index (χ2v) is 6.26. The molecule has 12 heteroatoms. The van der Waals surface area contributed by atoms with E-state index in [9.17, 15) is 9.59 Å². The Morgan fingerprint density at radius 3 is 1.38 bits per heavy atom. The first-order valence-electron chi connectivity index (χ1n) is 8.25. The Hall–Kier alpha value is 1.64. The number of rotatable bonds is 5. The predicted molar refractivity (Wildman–Crippen MR) is 115 cm³/mol. The molecule has 0 bridgehead atoms. The summed E-state index contributed by atoms with van der Waals surface area (Å²) < 4.78 is 18.7. The molecule has 0 saturated heterocycles. The standard InChI is InChI=1S/C6H10O3.C5H8O3.C5H10O2.CH3I.Al.Li.Na.5H/c1-8-5(7)6(9-2)3-4-6;1-8-4(6)5(7)2-3-5;1-7-5(4-6)2-3-5;1-2;;;;;;;;/h3-4H2,1-2H3;7H,2-3H2,1H3;6H,2-4H2,1H3;1H3;;;;;;;;/q;;;;;2*+1;;;;2*-1. The van der Waals surface area contributed by atoms with Gasteiger partial charge in [-0.05, 0) is 43.5 Å². The quantitative estimate of drug-likeness (QED) is 0.150. The molecular weight excluding hydrogens is 516 g/mol. The van der Waals surface area contributed by atoms with Crippen molar-refractivity contribution in [2.75, 3.05) is 40.0 Å². The Bertz CT molecular complexity index is 465. The SMILES string of the molecule is CI.COC(=O)C1(O)CC1.COC(=O)C1(OC)CC1.COC1(CO)CC1.[AlH3].[H-].[H-].[Li+].[Na+]. The van der Waals surface area contributed by atoms with E-state index in [4.69, 9.17) is 19.7 Å². The van der Waals surface area contributed by atoms with E-state index in [1.807, 2.05) is 4.93 Å². The molecule has 3 aliphatic rings. The predicted octanol–water partition coefficient (Wildman–Crippen LogP) is -5.72. The van der Waals surface area contributed by atoms with Crippen molar-refractivity contribution in [3.05, 3.63) is 0 Å². The fourth-order valence-corrected chi connectivity index (χ4v) is 1.87. The van der Waals surface area contributed by atoms with Crippen molar-refractivity contribution in [3.63, 3.8) is 0 Å². The average Bonchev–Trinajstić information content (AvgIpc) is 3.58. The number of esters is 2. The summed E-state index contributed by atoms with van der Waals surface area (Å²) in [6.45, 7) is 0.184. The third-order valence-electron chi connectivity index (χ3n) is 4.47. The normalized spacial score (nSPS) is 18.9. The second-order valence-electron chi connectivity index (χ2n) is 6.26. The Morgan fingerprint density at radius 2 is 1.31 bits per heavy atom. The number of aliphatic hydroxyl groups is 2. The van der Waals surface area contributed by atoms with Crippen LogP contribution in [0.2, 0.25) is 0 Å². The molecule has 3 aliphatic carbocycles. The van der Waals surface area contributed by atoms with Gasteiger partial charge in [0, 0.05) is 14.2 Å². The first-order chi connectivity index (χ1) is 12.3. The van der Waals surface area contributed by atoms with Crippen LogP contribution >= 0.6 is 22.6 Å². The molecule has 0 unspecified atom stereocenters. The zero-order chi connectivity index (χ0) is 20.4. The first-order valence-corrected chi connectivity index (χ1v) is 10.4. The van der Waals surface area contributed by atoms with E-state index in [1.165, 1.54) is 21.3 Å². The van der Waals surface area contributed by atoms with Crippen LogP contribution in [0.5, 0.6) is 0 Å². The van der Waals surface area contributed by atoms with E-state index in [1.54, 1.807) is 7.11 Å². The van der Waals surface area contributed by atoms with Gasteiger partial charge in [0.05, 0.1) is 26.4 Å². The van der Waals surface area contributed by atoms with Crippen LogP contribution in [0.25, 0.3) is 0 Å². The molecule has 2 N–H and O–H groups in total. The number of hydrogen-bond acceptors (Lipinski definition) is 8. The van der Waals surface area contributed by atoms with Crippen molar-refractivity contribution in [1.82, 2.24) is 0 Å². The van der Waals surface area contributed by atoms with E-state index < -0.39 is 17.2 Å². The van der Waals surface area contributed by atoms with Gasteiger partial charge in [0.1, 0.15) is 0 Å². The Balaban J connectivity index is -0.0000000677. The molecule has 3 saturated carbocycles. The van der Waals surface area contributed by atoms with E-state index >= 15 is 0 Å². The van der Waals surface area contributed by atoms with Crippen LogP contribution in [0.15, 0.2) is 0 Å². The molecule has 8 nitrogen and oxygen atoms in total. The largest absolute Gasteiger partial charge is 1.00 e. The Morgan fingerprint density at radius 1 is 0.897 bits per heavy atom. The van der Waals surface area contributed by atoms with Gasteiger partial charge in [-0.2, -0.15) is 0 Å². The fraction of sp³-hybridized carbons (Fsp3) is 0.882. The maximum atomic E-state index is 10.8. The number of aliphatic hydroxyl groups excluding tert-OH is 1. The van der Waals surface area contributed by atoms with Gasteiger partial charge in [0.2, 0.25) is 0 Å². The number of methoxy groups -OCH3 is 4. The molecule has 0 spiro atoms. The van der Waals surface area contributed by atoms with Gasteiger partial charge in [-0.15, -0.1) is 0 Å². The molecule has 0 aromatic rings. The van der Waals surface area contributed by atoms with Crippen LogP contribution in [0.4, 0.5) is 0 Å². The summed E-state index contributed by atoms with van der Waals surface area (Å²) >= 11 is 2.15. The van der Waals surface area contributed by atoms with Crippen LogP contribution in [0.1, 0.15) is 41.4 Å². The van der Waals surface area contributed by atoms with Crippen molar-refractivity contribution in [2.45, 2.75) is 55.3 Å². The number of hydrogen-bond donors (Lipinski definition) is 2. The average molecular weight is 552 g/mol. The van der Waals surface area contributed by atoms with Gasteiger partial charge in [-0.25, -0.2) is 9.59 Å². The maximum Gasteiger partial charge on any atom is 1.00 e. The van der Waals surface area contributed by atoms with Crippen LogP contribution < -0.4 is 48.4 Å². The zero-order valence-electron chi connectivity index (χ0n) is 20.2. The molecule has 0 radical (unpaired) electrons. The fourth-order valence-electron chi connectivity index (χ4n) is 1.87. The number of halogens is 1. The molecule has 3 fully saturated rings. The summed E-state index contributed by atoms with van der Waals surface area (Å²) in [6, 6.07) is 0. The zero-order valence-corrected chi connectivity index (χ0v) is 22.3. The molecule has 0 aliphatic heterocycles. The summed E-state index contributed by atoms with van der Waals surface area (Å²) in [5, 5.41) is 17.5. The van der Waals surface area contributed by atoms with Crippen LogP contribution in [0, 0.1) is 0 Å². The number of alkyl halides is 1. The third-order valence-corrected chi connectivity index (χ3v) is 4.47. The summed E-state index contributed by atoms with van der Waals surface area (Å²) in [6.07, 6.45) is 4.77. The van der Waals surface area contributed by atoms with Crippen LogP contribution in [-0.2, 0) is 28.5 Å². The van der Waals surface area contributed by atoms with Gasteiger partial charge in [-0.3, -0.25) is 0 Å². The number of ether oxygens (including phenoxy) is 4. The molecule has 0 amide bonds. The van der Waals surface area contributed by atoms with E-state index in [0.29, 0.717) is 12.8 Å². The van der Waals surface area contributed by atoms with Crippen molar-refractivity contribution in [1.29, 1.82) is 0 Å². The van der Waals surface area contributed by atoms with Gasteiger partial charge >= 0.3 is 60.4 Å². The molecule has 164 valence electrons. The topological polar surface area (TPSA) is 112 Å². The molecule has 3 rings (SSSR count). The molecule has 0 aromatic heterocycles. The number of carbonyl (C=O) groups is 2. The molecule has 0 atom stereocenters. The van der Waals surface area contributed by atoms with Gasteiger partial charge in [0.25, 0.3) is 0 Å². The monoisotopic (exact) mass is 552 g/mol. The van der Waals surface area contributed by atoms with Gasteiger partial charge in [0.15, 0.2) is 28.6 Å². The Labute approximate surface area is 235 Å². The van der Waals surface area contributed by atoms with Crippen molar-refractivity contribution in [3.8, 4) is 0 Å².